The Bertz CT molecular complexity index is 1120. The maximum atomic E-state index is 12.6. The van der Waals surface area contributed by atoms with Crippen molar-refractivity contribution in [2.75, 3.05) is 16.0 Å². The summed E-state index contributed by atoms with van der Waals surface area (Å²) < 4.78 is 0. The van der Waals surface area contributed by atoms with E-state index in [1.54, 1.807) is 0 Å². The highest BCUT2D eigenvalue weighted by molar-refractivity contribution is 7.80. The number of carbonyl (C=O) groups is 1. The van der Waals surface area contributed by atoms with Crippen molar-refractivity contribution in [2.24, 2.45) is 0 Å². The van der Waals surface area contributed by atoms with Gasteiger partial charge in [-0.05, 0) is 48.6 Å². The van der Waals surface area contributed by atoms with Crippen LogP contribution in [0.2, 0.25) is 0 Å². The van der Waals surface area contributed by atoms with E-state index in [2.05, 4.69) is 20.9 Å². The van der Waals surface area contributed by atoms with Gasteiger partial charge in [-0.3, -0.25) is 4.79 Å². The van der Waals surface area contributed by atoms with Crippen LogP contribution in [0.5, 0.6) is 0 Å². The van der Waals surface area contributed by atoms with Gasteiger partial charge in [0.05, 0.1) is 11.2 Å². The zero-order valence-electron chi connectivity index (χ0n) is 14.9. The Balaban J connectivity index is 1.53. The summed E-state index contributed by atoms with van der Waals surface area (Å²) in [6, 6.07) is 26.7. The lowest BCUT2D eigenvalue weighted by Crippen LogP contribution is -2.19. The molecule has 4 N–H and O–H groups in total. The molecule has 138 valence electrons. The van der Waals surface area contributed by atoms with Gasteiger partial charge in [0.25, 0.3) is 5.91 Å². The first-order valence-corrected chi connectivity index (χ1v) is 9.21. The maximum Gasteiger partial charge on any atom is 0.272 e. The largest absolute Gasteiger partial charge is 0.349 e. The Morgan fingerprint density at radius 2 is 1.39 bits per heavy atom. The van der Waals surface area contributed by atoms with Crippen molar-refractivity contribution in [1.29, 1.82) is 0 Å². The molecule has 0 aliphatic rings. The molecule has 0 fully saturated rings. The first-order valence-electron chi connectivity index (χ1n) is 8.80. The van der Waals surface area contributed by atoms with Gasteiger partial charge in [-0.2, -0.15) is 0 Å². The van der Waals surface area contributed by atoms with E-state index in [1.165, 1.54) is 0 Å². The fourth-order valence-electron chi connectivity index (χ4n) is 2.91. The monoisotopic (exact) mass is 386 g/mol. The van der Waals surface area contributed by atoms with Crippen LogP contribution in [-0.2, 0) is 0 Å². The molecule has 0 atom stereocenters. The molecule has 28 heavy (non-hydrogen) atoms. The third-order valence-electron chi connectivity index (χ3n) is 4.21. The summed E-state index contributed by atoms with van der Waals surface area (Å²) in [5.74, 6) is -0.196. The molecule has 0 spiro atoms. The molecule has 0 saturated carbocycles. The van der Waals surface area contributed by atoms with Crippen molar-refractivity contribution < 1.29 is 4.79 Å². The minimum atomic E-state index is -0.196. The molecular formula is C22H18N4OS. The number of para-hydroxylation sites is 3. The van der Waals surface area contributed by atoms with Crippen LogP contribution >= 0.6 is 12.2 Å². The molecule has 1 heterocycles. The van der Waals surface area contributed by atoms with Gasteiger partial charge in [0, 0.05) is 16.8 Å². The highest BCUT2D eigenvalue weighted by Gasteiger charge is 2.12. The molecule has 5 nitrogen and oxygen atoms in total. The molecule has 0 radical (unpaired) electrons. The van der Waals surface area contributed by atoms with E-state index in [4.69, 9.17) is 12.2 Å². The van der Waals surface area contributed by atoms with Gasteiger partial charge in [0.15, 0.2) is 5.11 Å². The lowest BCUT2D eigenvalue weighted by molar-refractivity contribution is 0.102. The quantitative estimate of drug-likeness (QED) is 0.363. The molecule has 4 aromatic rings. The van der Waals surface area contributed by atoms with Crippen molar-refractivity contribution in [3.63, 3.8) is 0 Å². The highest BCUT2D eigenvalue weighted by atomic mass is 32.1. The Hall–Kier alpha value is -3.64. The zero-order chi connectivity index (χ0) is 19.3. The molecule has 3 aromatic carbocycles. The van der Waals surface area contributed by atoms with E-state index in [0.29, 0.717) is 10.8 Å². The Morgan fingerprint density at radius 3 is 2.07 bits per heavy atom. The Morgan fingerprint density at radius 1 is 0.750 bits per heavy atom. The first-order chi connectivity index (χ1) is 13.7. The average Bonchev–Trinajstić information content (AvgIpc) is 3.15. The second kappa shape index (κ2) is 7.94. The van der Waals surface area contributed by atoms with Crippen LogP contribution in [0, 0.1) is 0 Å². The molecule has 4 rings (SSSR count). The number of rotatable bonds is 4. The average molecular weight is 386 g/mol. The molecule has 1 amide bonds. The second-order valence-corrected chi connectivity index (χ2v) is 6.63. The van der Waals surface area contributed by atoms with Crippen molar-refractivity contribution in [3.05, 3.63) is 90.6 Å². The van der Waals surface area contributed by atoms with E-state index in [-0.39, 0.29) is 5.91 Å². The third kappa shape index (κ3) is 4.02. The number of aromatic nitrogens is 1. The summed E-state index contributed by atoms with van der Waals surface area (Å²) in [5, 5.41) is 10.6. The number of thiocarbonyl (C=S) groups is 1. The van der Waals surface area contributed by atoms with E-state index < -0.39 is 0 Å². The molecule has 0 saturated heterocycles. The lowest BCUT2D eigenvalue weighted by Gasteiger charge is -2.11. The molecule has 0 aliphatic heterocycles. The van der Waals surface area contributed by atoms with Crippen LogP contribution in [-0.4, -0.2) is 16.0 Å². The number of carbonyl (C=O) groups excluding carboxylic acids is 1. The summed E-state index contributed by atoms with van der Waals surface area (Å²) in [7, 11) is 0. The fraction of sp³-hybridized carbons (Fsp3) is 0. The summed E-state index contributed by atoms with van der Waals surface area (Å²) in [6.45, 7) is 0. The second-order valence-electron chi connectivity index (χ2n) is 6.22. The number of hydrogen-bond acceptors (Lipinski definition) is 2. The summed E-state index contributed by atoms with van der Waals surface area (Å²) in [6.07, 6.45) is 0. The molecule has 0 unspecified atom stereocenters. The number of aromatic amines is 1. The van der Waals surface area contributed by atoms with Crippen LogP contribution in [0.1, 0.15) is 10.5 Å². The number of hydrogen-bond donors (Lipinski definition) is 4. The van der Waals surface area contributed by atoms with Crippen LogP contribution in [0.4, 0.5) is 17.1 Å². The van der Waals surface area contributed by atoms with Gasteiger partial charge < -0.3 is 20.9 Å². The molecular weight excluding hydrogens is 368 g/mol. The van der Waals surface area contributed by atoms with Crippen molar-refractivity contribution in [3.8, 4) is 0 Å². The number of nitrogens with one attached hydrogen (secondary N) is 4. The molecule has 0 bridgehead atoms. The van der Waals surface area contributed by atoms with Gasteiger partial charge in [-0.25, -0.2) is 0 Å². The maximum absolute atomic E-state index is 12.6. The van der Waals surface area contributed by atoms with E-state index in [1.807, 2.05) is 84.9 Å². The highest BCUT2D eigenvalue weighted by Crippen LogP contribution is 2.24. The van der Waals surface area contributed by atoms with Crippen molar-refractivity contribution >= 4 is 51.2 Å². The van der Waals surface area contributed by atoms with Crippen LogP contribution < -0.4 is 16.0 Å². The first kappa shape index (κ1) is 17.8. The van der Waals surface area contributed by atoms with Gasteiger partial charge >= 0.3 is 0 Å². The van der Waals surface area contributed by atoms with Gasteiger partial charge in [-0.15, -0.1) is 0 Å². The van der Waals surface area contributed by atoms with Crippen LogP contribution in [0.3, 0.4) is 0 Å². The Labute approximate surface area is 167 Å². The van der Waals surface area contributed by atoms with Crippen LogP contribution in [0.15, 0.2) is 84.9 Å². The number of benzene rings is 3. The predicted molar refractivity (Wildman–Crippen MR) is 119 cm³/mol. The number of anilines is 3. The van der Waals surface area contributed by atoms with Crippen LogP contribution in [0.25, 0.3) is 10.9 Å². The summed E-state index contributed by atoms with van der Waals surface area (Å²) in [5.41, 5.74) is 3.75. The van der Waals surface area contributed by atoms with Crippen molar-refractivity contribution in [2.45, 2.75) is 0 Å². The standard InChI is InChI=1S/C22H18N4OS/c27-21(23-16-9-3-1-4-10-16)19-14-15-8-7-13-18(20(15)25-19)26-22(28)24-17-11-5-2-6-12-17/h1-14,25H,(H,23,27)(H2,24,26,28). The number of fused-ring (bicyclic) bond motifs is 1. The molecule has 6 heteroatoms. The minimum Gasteiger partial charge on any atom is -0.349 e. The van der Waals surface area contributed by atoms with E-state index in [9.17, 15) is 4.79 Å². The predicted octanol–water partition coefficient (Wildman–Crippen LogP) is 5.23. The van der Waals surface area contributed by atoms with Gasteiger partial charge in [-0.1, -0.05) is 48.5 Å². The topological polar surface area (TPSA) is 69.0 Å². The minimum absolute atomic E-state index is 0.196. The lowest BCUT2D eigenvalue weighted by atomic mass is 10.2. The van der Waals surface area contributed by atoms with Gasteiger partial charge in [0.2, 0.25) is 0 Å². The van der Waals surface area contributed by atoms with Gasteiger partial charge in [0.1, 0.15) is 5.69 Å². The summed E-state index contributed by atoms with van der Waals surface area (Å²) >= 11 is 5.41. The third-order valence-corrected chi connectivity index (χ3v) is 4.42. The number of H-pyrrole nitrogens is 1. The SMILES string of the molecule is O=C(Nc1ccccc1)c1cc2cccc(NC(=S)Nc3ccccc3)c2[nH]1. The zero-order valence-corrected chi connectivity index (χ0v) is 15.7. The molecule has 0 aliphatic carbocycles. The normalized spacial score (nSPS) is 10.4. The van der Waals surface area contributed by atoms with E-state index >= 15 is 0 Å². The van der Waals surface area contributed by atoms with Crippen molar-refractivity contribution in [1.82, 2.24) is 4.98 Å². The summed E-state index contributed by atoms with van der Waals surface area (Å²) in [4.78, 5) is 15.7. The molecule has 1 aromatic heterocycles. The Kier molecular flexibility index (Phi) is 5.03. The number of amides is 1. The smallest absolute Gasteiger partial charge is 0.272 e. The van der Waals surface area contributed by atoms with E-state index in [0.717, 1.165) is 28.0 Å². The fourth-order valence-corrected chi connectivity index (χ4v) is 3.14.